The molecule has 0 aromatic heterocycles. The third-order valence-corrected chi connectivity index (χ3v) is 10.7. The van der Waals surface area contributed by atoms with Gasteiger partial charge in [-0.1, -0.05) is 30.0 Å². The van der Waals surface area contributed by atoms with Crippen molar-refractivity contribution in [3.63, 3.8) is 0 Å². The molecule has 196 valence electrons. The minimum absolute atomic E-state index is 0.184. The van der Waals surface area contributed by atoms with Crippen molar-refractivity contribution in [2.24, 2.45) is 5.41 Å². The fourth-order valence-corrected chi connectivity index (χ4v) is 7.69. The van der Waals surface area contributed by atoms with Crippen molar-refractivity contribution >= 4 is 27.8 Å². The molecule has 35 heavy (non-hydrogen) atoms. The fourth-order valence-electron chi connectivity index (χ4n) is 4.92. The molecular weight excluding hydrogens is 490 g/mol. The van der Waals surface area contributed by atoms with Crippen molar-refractivity contribution in [1.82, 2.24) is 4.31 Å². The highest BCUT2D eigenvalue weighted by molar-refractivity contribution is 7.99. The van der Waals surface area contributed by atoms with Crippen molar-refractivity contribution in [2.75, 3.05) is 20.3 Å². The topological polar surface area (TPSA) is 91.4 Å². The monoisotopic (exact) mass is 527 g/mol. The standard InChI is InChI=1S/C25H37NO7S2/c1-23(2,3)22(27)33-20-21(34-16-11-9-8-10-12-16)32-19-18-17(30-7)15-31-25(19,20)13-14-26(18)35(28,29)24(4,5)6/h8-12,17-21H,13-15H2,1-7H3/t17-,18+,19-,20+,21-,25-/m1/s1. The van der Waals surface area contributed by atoms with Crippen molar-refractivity contribution in [3.05, 3.63) is 30.3 Å². The Morgan fingerprint density at radius 3 is 2.37 bits per heavy atom. The van der Waals surface area contributed by atoms with Gasteiger partial charge in [-0.2, -0.15) is 4.31 Å². The smallest absolute Gasteiger partial charge is 0.311 e. The second-order valence-electron chi connectivity index (χ2n) is 11.4. The van der Waals surface area contributed by atoms with Gasteiger partial charge in [-0.3, -0.25) is 4.79 Å². The lowest BCUT2D eigenvalue weighted by Gasteiger charge is -2.55. The number of carbonyl (C=O) groups is 1. The van der Waals surface area contributed by atoms with E-state index in [9.17, 15) is 13.2 Å². The Hall–Kier alpha value is -1.17. The van der Waals surface area contributed by atoms with Crippen LogP contribution in [0, 0.1) is 5.41 Å². The minimum atomic E-state index is -3.67. The molecule has 3 heterocycles. The summed E-state index contributed by atoms with van der Waals surface area (Å²) in [6, 6.07) is 9.15. The van der Waals surface area contributed by atoms with Crippen molar-refractivity contribution in [2.45, 2.75) is 93.0 Å². The van der Waals surface area contributed by atoms with Crippen LogP contribution in [0.4, 0.5) is 0 Å². The Morgan fingerprint density at radius 2 is 1.80 bits per heavy atom. The van der Waals surface area contributed by atoms with Crippen LogP contribution in [0.2, 0.25) is 0 Å². The second-order valence-corrected chi connectivity index (χ2v) is 15.3. The fraction of sp³-hybridized carbons (Fsp3) is 0.720. The van der Waals surface area contributed by atoms with E-state index in [2.05, 4.69) is 0 Å². The highest BCUT2D eigenvalue weighted by Gasteiger charge is 2.70. The Morgan fingerprint density at radius 1 is 1.14 bits per heavy atom. The number of carbonyl (C=O) groups excluding carboxylic acids is 1. The predicted octanol–water partition coefficient (Wildman–Crippen LogP) is 3.45. The number of nitrogens with zero attached hydrogens (tertiary/aromatic N) is 1. The summed E-state index contributed by atoms with van der Waals surface area (Å²) in [7, 11) is -2.12. The molecule has 8 nitrogen and oxygen atoms in total. The quantitative estimate of drug-likeness (QED) is 0.538. The van der Waals surface area contributed by atoms with Gasteiger partial charge in [-0.15, -0.1) is 0 Å². The summed E-state index contributed by atoms with van der Waals surface area (Å²) < 4.78 is 52.7. The Labute approximate surface area is 213 Å². The Kier molecular flexibility index (Phi) is 7.14. The van der Waals surface area contributed by atoms with Gasteiger partial charge in [0.25, 0.3) is 0 Å². The third-order valence-electron chi connectivity index (χ3n) is 6.98. The zero-order chi connectivity index (χ0) is 25.8. The molecule has 1 aromatic rings. The van der Waals surface area contributed by atoms with Gasteiger partial charge in [-0.25, -0.2) is 8.42 Å². The molecule has 0 radical (unpaired) electrons. The summed E-state index contributed by atoms with van der Waals surface area (Å²) in [5.41, 5.74) is -2.24. The highest BCUT2D eigenvalue weighted by atomic mass is 32.2. The summed E-state index contributed by atoms with van der Waals surface area (Å²) >= 11 is 1.46. The average molecular weight is 528 g/mol. The van der Waals surface area contributed by atoms with Gasteiger partial charge in [-0.05, 0) is 60.1 Å². The van der Waals surface area contributed by atoms with Gasteiger partial charge in [0.1, 0.15) is 17.1 Å². The molecule has 6 atom stereocenters. The summed E-state index contributed by atoms with van der Waals surface area (Å²) in [5.74, 6) is -0.349. The molecule has 1 aromatic carbocycles. The summed E-state index contributed by atoms with van der Waals surface area (Å²) in [6.07, 6.45) is -1.51. The van der Waals surface area contributed by atoms with Crippen molar-refractivity contribution in [3.8, 4) is 0 Å². The molecule has 3 saturated heterocycles. The Bertz CT molecular complexity index is 1030. The van der Waals surface area contributed by atoms with Crippen LogP contribution >= 0.6 is 11.8 Å². The molecule has 0 amide bonds. The summed E-state index contributed by atoms with van der Waals surface area (Å²) in [5, 5.41) is 0. The molecule has 2 bridgehead atoms. The van der Waals surface area contributed by atoms with E-state index in [0.717, 1.165) is 4.90 Å². The number of sulfonamides is 1. The number of piperidine rings is 1. The normalized spacial score (nSPS) is 33.9. The van der Waals surface area contributed by atoms with Gasteiger partial charge in [0.15, 0.2) is 6.10 Å². The van der Waals surface area contributed by atoms with E-state index >= 15 is 0 Å². The molecule has 0 N–H and O–H groups in total. The Balaban J connectivity index is 1.76. The van der Waals surface area contributed by atoms with Crippen LogP contribution in [0.1, 0.15) is 48.0 Å². The van der Waals surface area contributed by atoms with Gasteiger partial charge in [0, 0.05) is 18.6 Å². The summed E-state index contributed by atoms with van der Waals surface area (Å²) in [4.78, 5) is 14.0. The average Bonchev–Trinajstić information content (AvgIpc) is 3.07. The number of thioether (sulfide) groups is 1. The first kappa shape index (κ1) is 26.9. The molecule has 4 rings (SSSR count). The van der Waals surface area contributed by atoms with Crippen molar-refractivity contribution < 1.29 is 32.2 Å². The first-order valence-electron chi connectivity index (χ1n) is 12.0. The number of methoxy groups -OCH3 is 1. The molecule has 3 fully saturated rings. The molecule has 0 spiro atoms. The molecule has 3 aliphatic rings. The maximum absolute atomic E-state index is 13.6. The second kappa shape index (κ2) is 9.29. The molecular formula is C25H37NO7S2. The lowest BCUT2D eigenvalue weighted by atomic mass is 9.78. The third kappa shape index (κ3) is 4.66. The van der Waals surface area contributed by atoms with Gasteiger partial charge < -0.3 is 18.9 Å². The molecule has 0 unspecified atom stereocenters. The van der Waals surface area contributed by atoms with Crippen LogP contribution in [0.15, 0.2) is 35.2 Å². The largest absolute Gasteiger partial charge is 0.455 e. The van der Waals surface area contributed by atoms with E-state index < -0.39 is 55.6 Å². The lowest BCUT2D eigenvalue weighted by molar-refractivity contribution is -0.239. The zero-order valence-corrected chi connectivity index (χ0v) is 23.1. The number of rotatable bonds is 5. The van der Waals surface area contributed by atoms with Crippen LogP contribution in [-0.4, -0.2) is 79.1 Å². The predicted molar refractivity (Wildman–Crippen MR) is 134 cm³/mol. The first-order chi connectivity index (χ1) is 16.2. The minimum Gasteiger partial charge on any atom is -0.455 e. The first-order valence-corrected chi connectivity index (χ1v) is 14.3. The van der Waals surface area contributed by atoms with E-state index in [1.165, 1.54) is 16.1 Å². The number of hydrogen-bond acceptors (Lipinski definition) is 8. The molecule has 0 aliphatic carbocycles. The maximum atomic E-state index is 13.6. The van der Waals surface area contributed by atoms with Crippen LogP contribution in [0.5, 0.6) is 0 Å². The maximum Gasteiger partial charge on any atom is 0.311 e. The van der Waals surface area contributed by atoms with E-state index in [1.54, 1.807) is 27.9 Å². The number of benzene rings is 1. The van der Waals surface area contributed by atoms with Gasteiger partial charge in [0.2, 0.25) is 10.0 Å². The van der Waals surface area contributed by atoms with Gasteiger partial charge in [0.05, 0.1) is 28.9 Å². The molecule has 3 aliphatic heterocycles. The van der Waals surface area contributed by atoms with E-state index in [4.69, 9.17) is 18.9 Å². The zero-order valence-electron chi connectivity index (χ0n) is 21.5. The van der Waals surface area contributed by atoms with Crippen LogP contribution < -0.4 is 0 Å². The number of hydrogen-bond donors (Lipinski definition) is 0. The molecule has 0 saturated carbocycles. The molecule has 10 heteroatoms. The SMILES string of the molecule is CO[C@@H]1CO[C@]23CCN(S(=O)(=O)C(C)(C)C)[C@@H]1[C@H]2O[C@H](Sc1ccccc1)[C@@H]3OC(=O)C(C)(C)C. The van der Waals surface area contributed by atoms with Crippen LogP contribution in [-0.2, 0) is 33.8 Å². The van der Waals surface area contributed by atoms with E-state index in [0.29, 0.717) is 6.42 Å². The van der Waals surface area contributed by atoms with E-state index in [1.807, 2.05) is 51.1 Å². The number of esters is 1. The lowest BCUT2D eigenvalue weighted by Crippen LogP contribution is -2.73. The van der Waals surface area contributed by atoms with Crippen molar-refractivity contribution in [1.29, 1.82) is 0 Å². The number of ether oxygens (including phenoxy) is 4. The van der Waals surface area contributed by atoms with Gasteiger partial charge >= 0.3 is 5.97 Å². The van der Waals surface area contributed by atoms with Crippen LogP contribution in [0.3, 0.4) is 0 Å². The highest BCUT2D eigenvalue weighted by Crippen LogP contribution is 2.53. The summed E-state index contributed by atoms with van der Waals surface area (Å²) in [6.45, 7) is 10.9. The van der Waals surface area contributed by atoms with E-state index in [-0.39, 0.29) is 19.1 Å². The van der Waals surface area contributed by atoms with Crippen LogP contribution in [0.25, 0.3) is 0 Å².